The van der Waals surface area contributed by atoms with Gasteiger partial charge in [-0.1, -0.05) is 71.9 Å². The normalized spacial score (nSPS) is 25.1. The first-order valence-electron chi connectivity index (χ1n) is 16.4. The first-order valence-corrected chi connectivity index (χ1v) is 16.4. The first kappa shape index (κ1) is 33.1. The molecule has 3 N–H and O–H groups in total. The molecule has 7 atom stereocenters. The topological polar surface area (TPSA) is 132 Å². The molecule has 2 heterocycles. The molecule has 3 amide bonds. The van der Waals surface area contributed by atoms with Crippen molar-refractivity contribution in [3.8, 4) is 0 Å². The first-order chi connectivity index (χ1) is 21.4. The lowest BCUT2D eigenvalue weighted by atomic mass is 9.47. The molecule has 1 saturated heterocycles. The van der Waals surface area contributed by atoms with Crippen molar-refractivity contribution in [2.75, 3.05) is 0 Å². The van der Waals surface area contributed by atoms with Crippen LogP contribution in [0.15, 0.2) is 48.9 Å². The summed E-state index contributed by atoms with van der Waals surface area (Å²) in [5.41, 5.74) is 1.27. The monoisotopic (exact) mass is 617 g/mol. The van der Waals surface area contributed by atoms with Crippen LogP contribution in [0.5, 0.6) is 0 Å². The van der Waals surface area contributed by atoms with E-state index in [1.165, 1.54) is 25.0 Å². The fourth-order valence-corrected chi connectivity index (χ4v) is 7.26. The molecular formula is C34H48BN5O5. The van der Waals surface area contributed by atoms with Crippen molar-refractivity contribution in [1.82, 2.24) is 25.9 Å². The minimum Gasteiger partial charge on any atom is -0.404 e. The van der Waals surface area contributed by atoms with Gasteiger partial charge in [0.05, 0.1) is 24.3 Å². The van der Waals surface area contributed by atoms with Gasteiger partial charge in [0.2, 0.25) is 11.8 Å². The summed E-state index contributed by atoms with van der Waals surface area (Å²) in [6.45, 7) is 12.8. The van der Waals surface area contributed by atoms with E-state index < -0.39 is 31.0 Å². The van der Waals surface area contributed by atoms with E-state index >= 15 is 0 Å². The van der Waals surface area contributed by atoms with Crippen molar-refractivity contribution in [2.45, 2.75) is 104 Å². The van der Waals surface area contributed by atoms with E-state index in [1.807, 2.05) is 44.2 Å². The largest absolute Gasteiger partial charge is 0.481 e. The van der Waals surface area contributed by atoms with Gasteiger partial charge in [0, 0.05) is 18.8 Å². The van der Waals surface area contributed by atoms with Crippen LogP contribution in [0.2, 0.25) is 0 Å². The van der Waals surface area contributed by atoms with Crippen LogP contribution in [0.4, 0.5) is 0 Å². The van der Waals surface area contributed by atoms with Crippen molar-refractivity contribution in [3.63, 3.8) is 0 Å². The number of rotatable bonds is 13. The van der Waals surface area contributed by atoms with E-state index in [9.17, 15) is 14.4 Å². The summed E-state index contributed by atoms with van der Waals surface area (Å²) in [4.78, 5) is 48.8. The standard InChI is InChI=1S/C34H48BN5O5/c1-20(2)14-25(38-33(43)27-19-36-12-13-37-27)31(41)39-26(16-22-10-8-7-9-11-22)32(42)40-29(15-21(3)4)35-44-28-18-23-17-24(30(28)45-35)34(23,5)6/h7-13,19-21,23-26,28-30H,14-18H2,1-6H3,(H,38,43)(H,39,41)(H,40,42)/t23-,24+,25+,26+,28-,29-,30+/m1/s1. The van der Waals surface area contributed by atoms with Crippen LogP contribution in [0, 0.1) is 29.1 Å². The molecule has 4 aliphatic rings. The highest BCUT2D eigenvalue weighted by atomic mass is 16.7. The summed E-state index contributed by atoms with van der Waals surface area (Å²) in [5.74, 6) is -0.124. The Morgan fingerprint density at radius 2 is 1.62 bits per heavy atom. The van der Waals surface area contributed by atoms with E-state index in [4.69, 9.17) is 9.31 Å². The van der Waals surface area contributed by atoms with Crippen LogP contribution in [0.25, 0.3) is 0 Å². The molecule has 45 heavy (non-hydrogen) atoms. The Bertz CT molecular complexity index is 1330. The van der Waals surface area contributed by atoms with E-state index in [1.54, 1.807) is 0 Å². The SMILES string of the molecule is CC(C)C[C@H](NC(=O)c1cnccn1)C(=O)N[C@@H](Cc1ccccc1)C(=O)N[C@H](CC(C)C)B1O[C@@H]2[C@@H](C[C@H]3C[C@@H]2C3(C)C)O1. The second kappa shape index (κ2) is 14.0. The van der Waals surface area contributed by atoms with E-state index in [-0.39, 0.29) is 53.4 Å². The molecule has 11 heteroatoms. The van der Waals surface area contributed by atoms with Crippen molar-refractivity contribution in [1.29, 1.82) is 0 Å². The van der Waals surface area contributed by atoms with Gasteiger partial charge in [0.15, 0.2) is 0 Å². The zero-order chi connectivity index (χ0) is 32.3. The quantitative estimate of drug-likeness (QED) is 0.292. The third-order valence-electron chi connectivity index (χ3n) is 9.85. The maximum Gasteiger partial charge on any atom is 0.481 e. The molecule has 6 rings (SSSR count). The zero-order valence-corrected chi connectivity index (χ0v) is 27.4. The summed E-state index contributed by atoms with van der Waals surface area (Å²) in [5, 5.41) is 8.98. The van der Waals surface area contributed by atoms with Crippen LogP contribution in [0.3, 0.4) is 0 Å². The van der Waals surface area contributed by atoms with Crippen LogP contribution in [-0.2, 0) is 25.3 Å². The Kier molecular flexibility index (Phi) is 10.3. The van der Waals surface area contributed by atoms with Gasteiger partial charge in [-0.2, -0.15) is 0 Å². The lowest BCUT2D eigenvalue weighted by Crippen LogP contribution is -2.59. The number of benzene rings is 1. The van der Waals surface area contributed by atoms with E-state index in [2.05, 4.69) is 53.6 Å². The van der Waals surface area contributed by atoms with Crippen LogP contribution >= 0.6 is 0 Å². The number of aromatic nitrogens is 2. The molecule has 0 unspecified atom stereocenters. The molecule has 4 fully saturated rings. The Hall–Kier alpha value is -3.31. The number of amides is 3. The van der Waals surface area contributed by atoms with E-state index in [0.29, 0.717) is 24.7 Å². The molecule has 2 bridgehead atoms. The minimum absolute atomic E-state index is 0.0380. The molecule has 1 aromatic carbocycles. The van der Waals surface area contributed by atoms with Crippen molar-refractivity contribution >= 4 is 24.8 Å². The Balaban J connectivity index is 1.32. The summed E-state index contributed by atoms with van der Waals surface area (Å²) >= 11 is 0. The van der Waals surface area contributed by atoms with Gasteiger partial charge in [-0.15, -0.1) is 0 Å². The zero-order valence-electron chi connectivity index (χ0n) is 27.4. The average molecular weight is 618 g/mol. The molecule has 1 aromatic heterocycles. The predicted molar refractivity (Wildman–Crippen MR) is 172 cm³/mol. The highest BCUT2D eigenvalue weighted by Gasteiger charge is 2.62. The number of carbonyl (C=O) groups excluding carboxylic acids is 3. The van der Waals surface area contributed by atoms with Gasteiger partial charge >= 0.3 is 7.12 Å². The molecule has 242 valence electrons. The number of hydrogen-bond acceptors (Lipinski definition) is 7. The third kappa shape index (κ3) is 7.75. The molecule has 3 aliphatic carbocycles. The summed E-state index contributed by atoms with van der Waals surface area (Å²) in [7, 11) is -0.547. The van der Waals surface area contributed by atoms with Crippen LogP contribution < -0.4 is 16.0 Å². The minimum atomic E-state index is -0.881. The molecule has 2 aromatic rings. The number of nitrogens with zero attached hydrogens (tertiary/aromatic N) is 2. The van der Waals surface area contributed by atoms with Crippen molar-refractivity contribution in [3.05, 3.63) is 60.2 Å². The smallest absolute Gasteiger partial charge is 0.404 e. The highest BCUT2D eigenvalue weighted by Crippen LogP contribution is 2.61. The average Bonchev–Trinajstić information content (AvgIpc) is 3.45. The fraction of sp³-hybridized carbons (Fsp3) is 0.618. The number of carbonyl (C=O) groups is 3. The van der Waals surface area contributed by atoms with Gasteiger partial charge in [0.25, 0.3) is 5.91 Å². The lowest BCUT2D eigenvalue weighted by Gasteiger charge is -2.60. The Morgan fingerprint density at radius 3 is 2.27 bits per heavy atom. The van der Waals surface area contributed by atoms with Crippen molar-refractivity contribution in [2.24, 2.45) is 29.1 Å². The molecule has 1 aliphatic heterocycles. The predicted octanol–water partition coefficient (Wildman–Crippen LogP) is 3.76. The Morgan fingerprint density at radius 1 is 0.911 bits per heavy atom. The lowest BCUT2D eigenvalue weighted by molar-refractivity contribution is -0.150. The summed E-state index contributed by atoms with van der Waals surface area (Å²) in [6, 6.07) is 7.85. The highest BCUT2D eigenvalue weighted by molar-refractivity contribution is 6.47. The van der Waals surface area contributed by atoms with Gasteiger partial charge in [-0.3, -0.25) is 19.4 Å². The maximum atomic E-state index is 14.1. The molecule has 10 nitrogen and oxygen atoms in total. The van der Waals surface area contributed by atoms with Gasteiger partial charge in [-0.25, -0.2) is 4.98 Å². The number of hydrogen-bond donors (Lipinski definition) is 3. The molecule has 0 radical (unpaired) electrons. The Labute approximate surface area is 267 Å². The number of nitrogens with one attached hydrogen (secondary N) is 3. The van der Waals surface area contributed by atoms with Crippen LogP contribution in [-0.4, -0.2) is 65.0 Å². The van der Waals surface area contributed by atoms with Crippen molar-refractivity contribution < 1.29 is 23.7 Å². The second-order valence-electron chi connectivity index (χ2n) is 14.5. The summed E-state index contributed by atoms with van der Waals surface area (Å²) in [6.07, 6.45) is 7.84. The third-order valence-corrected chi connectivity index (χ3v) is 9.85. The molecular weight excluding hydrogens is 569 g/mol. The second-order valence-corrected chi connectivity index (χ2v) is 14.5. The maximum absolute atomic E-state index is 14.1. The fourth-order valence-electron chi connectivity index (χ4n) is 7.26. The molecule has 3 saturated carbocycles. The van der Waals surface area contributed by atoms with E-state index in [0.717, 1.165) is 12.0 Å². The van der Waals surface area contributed by atoms with Gasteiger partial charge < -0.3 is 25.3 Å². The summed E-state index contributed by atoms with van der Waals surface area (Å²) < 4.78 is 13.1. The molecule has 0 spiro atoms. The van der Waals surface area contributed by atoms with Gasteiger partial charge in [-0.05, 0) is 60.3 Å². The van der Waals surface area contributed by atoms with Gasteiger partial charge in [0.1, 0.15) is 17.8 Å². The van der Waals surface area contributed by atoms with Crippen LogP contribution in [0.1, 0.15) is 83.3 Å².